The molecule has 0 aliphatic carbocycles. The Bertz CT molecular complexity index is 464. The number of fused-ring (bicyclic) bond motifs is 1. The Morgan fingerprint density at radius 2 is 2.05 bits per heavy atom. The number of carbonyl (C=O) groups excluding carboxylic acids is 1. The van der Waals surface area contributed by atoms with Crippen molar-refractivity contribution in [3.05, 3.63) is 29.3 Å². The van der Waals surface area contributed by atoms with Crippen molar-refractivity contribution in [1.82, 2.24) is 10.2 Å². The van der Waals surface area contributed by atoms with Gasteiger partial charge in [0.25, 0.3) is 5.91 Å². The van der Waals surface area contributed by atoms with Crippen LogP contribution in [0.15, 0.2) is 18.2 Å². The zero-order chi connectivity index (χ0) is 13.1. The Balaban J connectivity index is 1.86. The van der Waals surface area contributed by atoms with Gasteiger partial charge in [0.1, 0.15) is 0 Å². The molecule has 4 nitrogen and oxygen atoms in total. The maximum Gasteiger partial charge on any atom is 0.254 e. The normalized spacial score (nSPS) is 19.3. The molecule has 0 unspecified atom stereocenters. The van der Waals surface area contributed by atoms with E-state index in [9.17, 15) is 4.79 Å². The fraction of sp³-hybridized carbons (Fsp3) is 0.533. The molecule has 102 valence electrons. The summed E-state index contributed by atoms with van der Waals surface area (Å²) in [7, 11) is 0. The van der Waals surface area contributed by atoms with Gasteiger partial charge in [0, 0.05) is 37.4 Å². The van der Waals surface area contributed by atoms with E-state index >= 15 is 0 Å². The fourth-order valence-electron chi connectivity index (χ4n) is 2.93. The van der Waals surface area contributed by atoms with Gasteiger partial charge >= 0.3 is 0 Å². The first-order valence-corrected chi connectivity index (χ1v) is 7.22. The average molecular weight is 259 g/mol. The van der Waals surface area contributed by atoms with E-state index in [1.165, 1.54) is 5.56 Å². The van der Waals surface area contributed by atoms with Crippen molar-refractivity contribution in [2.75, 3.05) is 38.0 Å². The molecule has 1 fully saturated rings. The minimum absolute atomic E-state index is 0.198. The van der Waals surface area contributed by atoms with Crippen LogP contribution in [0.1, 0.15) is 28.8 Å². The lowest BCUT2D eigenvalue weighted by Crippen LogP contribution is -2.35. The predicted octanol–water partition coefficient (Wildman–Crippen LogP) is 1.48. The van der Waals surface area contributed by atoms with Crippen LogP contribution in [-0.2, 0) is 6.42 Å². The number of hydrogen-bond donors (Lipinski definition) is 2. The topological polar surface area (TPSA) is 44.4 Å². The zero-order valence-electron chi connectivity index (χ0n) is 11.2. The minimum Gasteiger partial charge on any atom is -0.385 e. The van der Waals surface area contributed by atoms with Gasteiger partial charge in [-0.25, -0.2) is 0 Å². The highest BCUT2D eigenvalue weighted by atomic mass is 16.2. The minimum atomic E-state index is 0.198. The van der Waals surface area contributed by atoms with Crippen molar-refractivity contribution in [3.8, 4) is 0 Å². The molecular weight excluding hydrogens is 238 g/mol. The lowest BCUT2D eigenvalue weighted by Gasteiger charge is -2.25. The number of benzene rings is 1. The summed E-state index contributed by atoms with van der Waals surface area (Å²) in [6.45, 7) is 4.61. The summed E-state index contributed by atoms with van der Waals surface area (Å²) in [5, 5.41) is 6.73. The van der Waals surface area contributed by atoms with Crippen LogP contribution >= 0.6 is 0 Å². The molecule has 2 heterocycles. The Hall–Kier alpha value is -1.55. The third-order valence-electron chi connectivity index (χ3n) is 3.95. The van der Waals surface area contributed by atoms with E-state index in [-0.39, 0.29) is 5.91 Å². The van der Waals surface area contributed by atoms with Crippen LogP contribution in [-0.4, -0.2) is 43.5 Å². The number of rotatable bonds is 1. The Labute approximate surface area is 114 Å². The van der Waals surface area contributed by atoms with Crippen molar-refractivity contribution >= 4 is 11.6 Å². The van der Waals surface area contributed by atoms with Crippen LogP contribution in [0.2, 0.25) is 0 Å². The predicted molar refractivity (Wildman–Crippen MR) is 76.6 cm³/mol. The fourth-order valence-corrected chi connectivity index (χ4v) is 2.93. The summed E-state index contributed by atoms with van der Waals surface area (Å²) in [6.07, 6.45) is 3.16. The van der Waals surface area contributed by atoms with Gasteiger partial charge in [-0.3, -0.25) is 4.79 Å². The molecule has 19 heavy (non-hydrogen) atoms. The van der Waals surface area contributed by atoms with E-state index in [1.54, 1.807) is 0 Å². The third-order valence-corrected chi connectivity index (χ3v) is 3.95. The van der Waals surface area contributed by atoms with Crippen LogP contribution in [0, 0.1) is 0 Å². The first-order valence-electron chi connectivity index (χ1n) is 7.22. The molecule has 1 aromatic carbocycles. The van der Waals surface area contributed by atoms with Crippen molar-refractivity contribution in [1.29, 1.82) is 0 Å². The molecule has 4 heteroatoms. The van der Waals surface area contributed by atoms with Gasteiger partial charge < -0.3 is 15.5 Å². The monoisotopic (exact) mass is 259 g/mol. The molecule has 0 aromatic heterocycles. The number of hydrogen-bond acceptors (Lipinski definition) is 3. The molecule has 0 spiro atoms. The molecule has 1 amide bonds. The quantitative estimate of drug-likeness (QED) is 0.803. The molecule has 0 bridgehead atoms. The highest BCUT2D eigenvalue weighted by molar-refractivity contribution is 5.97. The molecule has 1 aromatic rings. The van der Waals surface area contributed by atoms with E-state index < -0.39 is 0 Å². The Kier molecular flexibility index (Phi) is 3.69. The molecule has 3 rings (SSSR count). The van der Waals surface area contributed by atoms with Crippen LogP contribution in [0.3, 0.4) is 0 Å². The van der Waals surface area contributed by atoms with Crippen molar-refractivity contribution in [2.45, 2.75) is 19.3 Å². The number of amides is 1. The largest absolute Gasteiger partial charge is 0.385 e. The SMILES string of the molecule is O=C(c1cccc2c1CCCN2)N1CCCNCC1. The second-order valence-electron chi connectivity index (χ2n) is 5.26. The first kappa shape index (κ1) is 12.5. The summed E-state index contributed by atoms with van der Waals surface area (Å²) in [5.74, 6) is 0.198. The van der Waals surface area contributed by atoms with Gasteiger partial charge in [0.2, 0.25) is 0 Å². The maximum atomic E-state index is 12.7. The van der Waals surface area contributed by atoms with Gasteiger partial charge in [0.15, 0.2) is 0 Å². The van der Waals surface area contributed by atoms with Crippen LogP contribution in [0.4, 0.5) is 5.69 Å². The van der Waals surface area contributed by atoms with Crippen molar-refractivity contribution in [3.63, 3.8) is 0 Å². The number of nitrogens with zero attached hydrogens (tertiary/aromatic N) is 1. The summed E-state index contributed by atoms with van der Waals surface area (Å²) in [6, 6.07) is 6.04. The molecule has 2 aliphatic rings. The van der Waals surface area contributed by atoms with Crippen LogP contribution in [0.25, 0.3) is 0 Å². The Morgan fingerprint density at radius 1 is 1.11 bits per heavy atom. The standard InChI is InChI=1S/C15H21N3O/c19-15(18-10-3-7-16-9-11-18)13-4-1-6-14-12(13)5-2-8-17-14/h1,4,6,16-17H,2-3,5,7-11H2. The molecular formula is C15H21N3O. The van der Waals surface area contributed by atoms with E-state index in [4.69, 9.17) is 0 Å². The van der Waals surface area contributed by atoms with E-state index in [0.29, 0.717) is 0 Å². The van der Waals surface area contributed by atoms with Crippen molar-refractivity contribution < 1.29 is 4.79 Å². The summed E-state index contributed by atoms with van der Waals surface area (Å²) >= 11 is 0. The number of anilines is 1. The highest BCUT2D eigenvalue weighted by Crippen LogP contribution is 2.26. The summed E-state index contributed by atoms with van der Waals surface area (Å²) < 4.78 is 0. The number of carbonyl (C=O) groups is 1. The van der Waals surface area contributed by atoms with E-state index in [2.05, 4.69) is 16.7 Å². The van der Waals surface area contributed by atoms with Gasteiger partial charge in [-0.15, -0.1) is 0 Å². The number of nitrogens with one attached hydrogen (secondary N) is 2. The average Bonchev–Trinajstić information content (AvgIpc) is 2.75. The van der Waals surface area contributed by atoms with Crippen LogP contribution in [0.5, 0.6) is 0 Å². The molecule has 0 atom stereocenters. The highest BCUT2D eigenvalue weighted by Gasteiger charge is 2.22. The zero-order valence-corrected chi connectivity index (χ0v) is 11.2. The summed E-state index contributed by atoms with van der Waals surface area (Å²) in [4.78, 5) is 14.7. The van der Waals surface area contributed by atoms with Gasteiger partial charge in [-0.05, 0) is 43.5 Å². The Morgan fingerprint density at radius 3 is 3.00 bits per heavy atom. The molecule has 2 N–H and O–H groups in total. The van der Waals surface area contributed by atoms with Crippen molar-refractivity contribution in [2.24, 2.45) is 0 Å². The molecule has 1 saturated heterocycles. The molecule has 0 radical (unpaired) electrons. The summed E-state index contributed by atoms with van der Waals surface area (Å²) in [5.41, 5.74) is 3.24. The third kappa shape index (κ3) is 2.59. The maximum absolute atomic E-state index is 12.7. The lowest BCUT2D eigenvalue weighted by molar-refractivity contribution is 0.0765. The van der Waals surface area contributed by atoms with E-state index in [1.807, 2.05) is 17.0 Å². The van der Waals surface area contributed by atoms with Gasteiger partial charge in [0.05, 0.1) is 0 Å². The van der Waals surface area contributed by atoms with Gasteiger partial charge in [-0.1, -0.05) is 6.07 Å². The second kappa shape index (κ2) is 5.61. The molecule has 2 aliphatic heterocycles. The first-order chi connectivity index (χ1) is 9.36. The smallest absolute Gasteiger partial charge is 0.254 e. The molecule has 0 saturated carbocycles. The second-order valence-corrected chi connectivity index (χ2v) is 5.26. The van der Waals surface area contributed by atoms with Crippen LogP contribution < -0.4 is 10.6 Å². The van der Waals surface area contributed by atoms with E-state index in [0.717, 1.165) is 63.2 Å². The lowest BCUT2D eigenvalue weighted by atomic mass is 9.97. The van der Waals surface area contributed by atoms with Gasteiger partial charge in [-0.2, -0.15) is 0 Å².